The van der Waals surface area contributed by atoms with Crippen molar-refractivity contribution >= 4 is 22.8 Å². The van der Waals surface area contributed by atoms with Crippen LogP contribution in [-0.2, 0) is 17.9 Å². The zero-order chi connectivity index (χ0) is 23.9. The number of carbonyl (C=O) groups is 1. The van der Waals surface area contributed by atoms with Gasteiger partial charge in [0.2, 0.25) is 5.91 Å². The van der Waals surface area contributed by atoms with Crippen LogP contribution in [0.1, 0.15) is 50.5 Å². The molecule has 1 N–H and O–H groups in total. The Morgan fingerprint density at radius 1 is 1.00 bits per heavy atom. The van der Waals surface area contributed by atoms with Crippen LogP contribution in [0.25, 0.3) is 11.0 Å². The van der Waals surface area contributed by atoms with Crippen molar-refractivity contribution in [3.8, 4) is 0 Å². The van der Waals surface area contributed by atoms with Gasteiger partial charge in [-0.1, -0.05) is 62.4 Å². The Balaban J connectivity index is 1.12. The smallest absolute Gasteiger partial charge is 0.220 e. The molecule has 1 aliphatic carbocycles. The monoisotopic (exact) mass is 475 g/mol. The average molecular weight is 476 g/mol. The molecule has 1 aliphatic heterocycles. The molecule has 1 amide bonds. The van der Waals surface area contributed by atoms with E-state index in [1.165, 1.54) is 37.7 Å². The highest BCUT2D eigenvalue weighted by Gasteiger charge is 2.21. The second kappa shape index (κ2) is 11.6. The van der Waals surface area contributed by atoms with Crippen LogP contribution < -0.4 is 10.2 Å². The lowest BCUT2D eigenvalue weighted by atomic mass is 9.86. The van der Waals surface area contributed by atoms with Gasteiger partial charge in [0.25, 0.3) is 0 Å². The maximum absolute atomic E-state index is 12.3. The van der Waals surface area contributed by atoms with Crippen LogP contribution in [0.3, 0.4) is 0 Å². The van der Waals surface area contributed by atoms with E-state index in [-0.39, 0.29) is 5.91 Å². The molecule has 35 heavy (non-hydrogen) atoms. The summed E-state index contributed by atoms with van der Waals surface area (Å²) in [4.78, 5) is 26.2. The second-order valence-corrected chi connectivity index (χ2v) is 9.94. The predicted octanol–water partition coefficient (Wildman–Crippen LogP) is 3.63. The second-order valence-electron chi connectivity index (χ2n) is 9.94. The number of amides is 1. The quantitative estimate of drug-likeness (QED) is 0.509. The number of benzene rings is 1. The molecule has 2 aliphatic rings. The molecule has 2 fully saturated rings. The van der Waals surface area contributed by atoms with E-state index in [4.69, 9.17) is 0 Å². The normalized spacial score (nSPS) is 17.7. The minimum Gasteiger partial charge on any atom is -0.354 e. The molecule has 0 bridgehead atoms. The Labute approximate surface area is 207 Å². The zero-order valence-corrected chi connectivity index (χ0v) is 20.6. The fourth-order valence-corrected chi connectivity index (χ4v) is 5.46. The molecule has 0 unspecified atom stereocenters. The molecular formula is C27H37N7O. The van der Waals surface area contributed by atoms with Crippen molar-refractivity contribution in [3.05, 3.63) is 48.4 Å². The Morgan fingerprint density at radius 3 is 2.60 bits per heavy atom. The molecule has 2 aromatic heterocycles. The van der Waals surface area contributed by atoms with Gasteiger partial charge in [-0.3, -0.25) is 9.69 Å². The molecule has 1 saturated carbocycles. The maximum atomic E-state index is 12.3. The van der Waals surface area contributed by atoms with Crippen molar-refractivity contribution < 1.29 is 4.79 Å². The fraction of sp³-hybridized carbons (Fsp3) is 0.556. The van der Waals surface area contributed by atoms with E-state index in [0.29, 0.717) is 19.5 Å². The van der Waals surface area contributed by atoms with Crippen molar-refractivity contribution in [3.63, 3.8) is 0 Å². The van der Waals surface area contributed by atoms with E-state index in [1.807, 2.05) is 10.9 Å². The number of anilines is 1. The summed E-state index contributed by atoms with van der Waals surface area (Å²) >= 11 is 0. The van der Waals surface area contributed by atoms with Gasteiger partial charge in [-0.15, -0.1) is 0 Å². The van der Waals surface area contributed by atoms with Crippen LogP contribution in [0, 0.1) is 5.92 Å². The van der Waals surface area contributed by atoms with Crippen LogP contribution in [0.15, 0.2) is 42.9 Å². The molecule has 8 nitrogen and oxygen atoms in total. The van der Waals surface area contributed by atoms with Gasteiger partial charge in [0.15, 0.2) is 5.65 Å². The van der Waals surface area contributed by atoms with E-state index in [2.05, 4.69) is 60.5 Å². The number of carbonyl (C=O) groups excluding carboxylic acids is 1. The van der Waals surface area contributed by atoms with E-state index in [9.17, 15) is 4.79 Å². The van der Waals surface area contributed by atoms with E-state index in [0.717, 1.165) is 61.9 Å². The molecular weight excluding hydrogens is 438 g/mol. The number of nitrogens with one attached hydrogen (secondary N) is 1. The molecule has 0 atom stereocenters. The Bertz CT molecular complexity index is 1090. The first-order valence-corrected chi connectivity index (χ1v) is 13.2. The maximum Gasteiger partial charge on any atom is 0.220 e. The molecule has 3 heterocycles. The number of hydrogen-bond donors (Lipinski definition) is 1. The van der Waals surface area contributed by atoms with Gasteiger partial charge in [0.1, 0.15) is 12.1 Å². The summed E-state index contributed by atoms with van der Waals surface area (Å²) in [6, 6.07) is 10.6. The van der Waals surface area contributed by atoms with Gasteiger partial charge >= 0.3 is 0 Å². The minimum absolute atomic E-state index is 0.149. The first-order valence-electron chi connectivity index (χ1n) is 13.2. The third kappa shape index (κ3) is 6.17. The van der Waals surface area contributed by atoms with Gasteiger partial charge in [-0.25, -0.2) is 14.6 Å². The minimum atomic E-state index is 0.149. The zero-order valence-electron chi connectivity index (χ0n) is 20.6. The van der Waals surface area contributed by atoms with Gasteiger partial charge in [-0.05, 0) is 17.9 Å². The number of rotatable bonds is 9. The molecule has 3 aromatic rings. The van der Waals surface area contributed by atoms with Gasteiger partial charge in [-0.2, -0.15) is 5.10 Å². The first kappa shape index (κ1) is 23.7. The van der Waals surface area contributed by atoms with Crippen LogP contribution in [0.2, 0.25) is 0 Å². The van der Waals surface area contributed by atoms with Crippen LogP contribution in [0.4, 0.5) is 5.82 Å². The largest absolute Gasteiger partial charge is 0.354 e. The van der Waals surface area contributed by atoms with E-state index in [1.54, 1.807) is 6.33 Å². The number of fused-ring (bicyclic) bond motifs is 1. The average Bonchev–Trinajstić information content (AvgIpc) is 3.32. The lowest BCUT2D eigenvalue weighted by molar-refractivity contribution is -0.121. The van der Waals surface area contributed by atoms with Crippen molar-refractivity contribution in [1.29, 1.82) is 0 Å². The SMILES string of the molecule is O=C(CCC1CCCCC1)NCCn1ncc2c(N3CCN(Cc4ccccc4)CC3)ncnc21. The Kier molecular flexibility index (Phi) is 7.88. The standard InChI is InChI=1S/C27H37N7O/c35-25(12-11-22-7-3-1-4-8-22)28-13-14-34-27-24(19-31-34)26(29-21-30-27)33-17-15-32(16-18-33)20-23-9-5-2-6-10-23/h2,5-6,9-10,19,21-22H,1,3-4,7-8,11-18,20H2,(H,28,35). The van der Waals surface area contributed by atoms with Crippen LogP contribution >= 0.6 is 0 Å². The van der Waals surface area contributed by atoms with Gasteiger partial charge in [0.05, 0.1) is 18.1 Å². The molecule has 5 rings (SSSR count). The Hall–Kier alpha value is -3.00. The predicted molar refractivity (Wildman–Crippen MR) is 138 cm³/mol. The summed E-state index contributed by atoms with van der Waals surface area (Å²) < 4.78 is 1.88. The number of aromatic nitrogens is 4. The topological polar surface area (TPSA) is 79.2 Å². The van der Waals surface area contributed by atoms with Crippen molar-refractivity contribution in [2.75, 3.05) is 37.6 Å². The summed E-state index contributed by atoms with van der Waals surface area (Å²) in [5.74, 6) is 1.84. The summed E-state index contributed by atoms with van der Waals surface area (Å²) in [7, 11) is 0. The number of hydrogen-bond acceptors (Lipinski definition) is 6. The van der Waals surface area contributed by atoms with Crippen LogP contribution in [-0.4, -0.2) is 63.3 Å². The fourth-order valence-electron chi connectivity index (χ4n) is 5.46. The third-order valence-electron chi connectivity index (χ3n) is 7.48. The van der Waals surface area contributed by atoms with Crippen molar-refractivity contribution in [1.82, 2.24) is 30.0 Å². The molecule has 0 radical (unpaired) electrons. The summed E-state index contributed by atoms with van der Waals surface area (Å²) in [5, 5.41) is 8.61. The van der Waals surface area contributed by atoms with Gasteiger partial charge in [0, 0.05) is 45.7 Å². The molecule has 186 valence electrons. The number of nitrogens with zero attached hydrogens (tertiary/aromatic N) is 6. The summed E-state index contributed by atoms with van der Waals surface area (Å²) in [5.41, 5.74) is 2.19. The molecule has 1 aromatic carbocycles. The molecule has 8 heteroatoms. The highest BCUT2D eigenvalue weighted by atomic mass is 16.1. The van der Waals surface area contributed by atoms with E-state index >= 15 is 0 Å². The highest BCUT2D eigenvalue weighted by Crippen LogP contribution is 2.27. The van der Waals surface area contributed by atoms with Crippen molar-refractivity contribution in [2.45, 2.75) is 58.0 Å². The molecule has 1 saturated heterocycles. The Morgan fingerprint density at radius 2 is 1.80 bits per heavy atom. The van der Waals surface area contributed by atoms with Crippen LogP contribution in [0.5, 0.6) is 0 Å². The summed E-state index contributed by atoms with van der Waals surface area (Å²) in [6.07, 6.45) is 11.7. The van der Waals surface area contributed by atoms with E-state index < -0.39 is 0 Å². The summed E-state index contributed by atoms with van der Waals surface area (Å²) in [6.45, 7) is 6.03. The van der Waals surface area contributed by atoms with Gasteiger partial charge < -0.3 is 10.2 Å². The third-order valence-corrected chi connectivity index (χ3v) is 7.48. The highest BCUT2D eigenvalue weighted by molar-refractivity contribution is 5.86. The lowest BCUT2D eigenvalue weighted by Crippen LogP contribution is -2.46. The van der Waals surface area contributed by atoms with Crippen molar-refractivity contribution in [2.24, 2.45) is 5.92 Å². The molecule has 0 spiro atoms. The lowest BCUT2D eigenvalue weighted by Gasteiger charge is -2.35. The first-order chi connectivity index (χ1) is 17.3. The number of piperazine rings is 1.